The molecule has 0 spiro atoms. The van der Waals surface area contributed by atoms with E-state index < -0.39 is 0 Å². The van der Waals surface area contributed by atoms with Gasteiger partial charge in [-0.3, -0.25) is 0 Å². The Labute approximate surface area is 385 Å². The topological polar surface area (TPSA) is 8.17 Å². The molecule has 0 fully saturated rings. The molecule has 0 bridgehead atoms. The first-order chi connectivity index (χ1) is 32.8. The maximum absolute atomic E-state index is 2.41. The number of aromatic nitrogens is 1. The van der Waals surface area contributed by atoms with Gasteiger partial charge in [-0.25, -0.2) is 0 Å². The molecule has 1 heterocycles. The largest absolute Gasteiger partial charge is 0.310 e. The van der Waals surface area contributed by atoms with Crippen LogP contribution >= 0.6 is 0 Å². The molecular formula is C64H44N2. The van der Waals surface area contributed by atoms with E-state index in [4.69, 9.17) is 0 Å². The zero-order valence-electron chi connectivity index (χ0n) is 36.3. The van der Waals surface area contributed by atoms with Crippen LogP contribution in [0.5, 0.6) is 0 Å². The zero-order valence-corrected chi connectivity index (χ0v) is 36.3. The van der Waals surface area contributed by atoms with E-state index in [1.54, 1.807) is 0 Å². The van der Waals surface area contributed by atoms with Crippen molar-refractivity contribution in [3.63, 3.8) is 0 Å². The Bertz CT molecular complexity index is 3670. The fourth-order valence-corrected chi connectivity index (χ4v) is 9.97. The fourth-order valence-electron chi connectivity index (χ4n) is 9.97. The molecule has 310 valence electrons. The maximum atomic E-state index is 2.41. The van der Waals surface area contributed by atoms with Crippen molar-refractivity contribution in [2.45, 2.75) is 0 Å². The van der Waals surface area contributed by atoms with Crippen LogP contribution in [-0.4, -0.2) is 4.57 Å². The van der Waals surface area contributed by atoms with Crippen molar-refractivity contribution in [3.05, 3.63) is 267 Å². The number of hydrogen-bond donors (Lipinski definition) is 0. The second-order valence-corrected chi connectivity index (χ2v) is 16.9. The van der Waals surface area contributed by atoms with Gasteiger partial charge in [0.15, 0.2) is 0 Å². The van der Waals surface area contributed by atoms with Crippen molar-refractivity contribution in [2.75, 3.05) is 4.90 Å². The van der Waals surface area contributed by atoms with Crippen molar-refractivity contribution in [2.24, 2.45) is 0 Å². The van der Waals surface area contributed by atoms with Gasteiger partial charge in [-0.05, 0) is 122 Å². The van der Waals surface area contributed by atoms with Crippen LogP contribution in [0.25, 0.3) is 93.9 Å². The van der Waals surface area contributed by atoms with Crippen molar-refractivity contribution < 1.29 is 0 Å². The fraction of sp³-hybridized carbons (Fsp3) is 0. The van der Waals surface area contributed by atoms with Crippen LogP contribution in [0.1, 0.15) is 0 Å². The number of hydrogen-bond acceptors (Lipinski definition) is 1. The van der Waals surface area contributed by atoms with Gasteiger partial charge in [-0.2, -0.15) is 0 Å². The van der Waals surface area contributed by atoms with Gasteiger partial charge in [0.2, 0.25) is 0 Å². The van der Waals surface area contributed by atoms with Gasteiger partial charge in [0, 0.05) is 33.4 Å². The summed E-state index contributed by atoms with van der Waals surface area (Å²) in [6.07, 6.45) is 0. The quantitative estimate of drug-likeness (QED) is 0.141. The second kappa shape index (κ2) is 16.8. The molecule has 0 amide bonds. The highest BCUT2D eigenvalue weighted by Crippen LogP contribution is 2.45. The van der Waals surface area contributed by atoms with E-state index in [9.17, 15) is 0 Å². The summed E-state index contributed by atoms with van der Waals surface area (Å²) in [5, 5.41) is 4.99. The molecule has 2 heteroatoms. The molecule has 0 aliphatic heterocycles. The Balaban J connectivity index is 0.994. The van der Waals surface area contributed by atoms with Crippen molar-refractivity contribution in [3.8, 4) is 61.3 Å². The Morgan fingerprint density at radius 2 is 0.727 bits per heavy atom. The molecule has 0 N–H and O–H groups in total. The molecular weight excluding hydrogens is 797 g/mol. The summed E-state index contributed by atoms with van der Waals surface area (Å²) in [5.41, 5.74) is 18.7. The summed E-state index contributed by atoms with van der Waals surface area (Å²) in [6.45, 7) is 0. The molecule has 66 heavy (non-hydrogen) atoms. The van der Waals surface area contributed by atoms with Gasteiger partial charge < -0.3 is 9.47 Å². The van der Waals surface area contributed by atoms with Crippen LogP contribution in [0.15, 0.2) is 267 Å². The van der Waals surface area contributed by atoms with E-state index in [0.29, 0.717) is 0 Å². The molecule has 0 saturated heterocycles. The minimum absolute atomic E-state index is 1.08. The highest BCUT2D eigenvalue weighted by atomic mass is 15.1. The third-order valence-electron chi connectivity index (χ3n) is 13.0. The number of nitrogens with zero attached hydrogens (tertiary/aromatic N) is 2. The van der Waals surface area contributed by atoms with Gasteiger partial charge in [0.25, 0.3) is 0 Å². The highest BCUT2D eigenvalue weighted by Gasteiger charge is 2.20. The third kappa shape index (κ3) is 6.93. The minimum atomic E-state index is 1.08. The van der Waals surface area contributed by atoms with Gasteiger partial charge in [0.1, 0.15) is 0 Å². The monoisotopic (exact) mass is 840 g/mol. The maximum Gasteiger partial charge on any atom is 0.0547 e. The summed E-state index contributed by atoms with van der Waals surface area (Å²) in [7, 11) is 0. The Morgan fingerprint density at radius 1 is 0.273 bits per heavy atom. The van der Waals surface area contributed by atoms with Gasteiger partial charge >= 0.3 is 0 Å². The molecule has 11 aromatic carbocycles. The lowest BCUT2D eigenvalue weighted by Gasteiger charge is -2.28. The van der Waals surface area contributed by atoms with Crippen LogP contribution in [0.2, 0.25) is 0 Å². The van der Waals surface area contributed by atoms with Crippen LogP contribution in [0.4, 0.5) is 17.1 Å². The number of rotatable bonds is 9. The molecule has 2 nitrogen and oxygen atoms in total. The van der Waals surface area contributed by atoms with E-state index in [1.807, 2.05) is 0 Å². The van der Waals surface area contributed by atoms with Crippen molar-refractivity contribution in [1.29, 1.82) is 0 Å². The minimum Gasteiger partial charge on any atom is -0.310 e. The highest BCUT2D eigenvalue weighted by molar-refractivity contribution is 6.16. The Kier molecular flexibility index (Phi) is 9.89. The molecule has 0 aliphatic rings. The smallest absolute Gasteiger partial charge is 0.0547 e. The normalized spacial score (nSPS) is 11.3. The second-order valence-electron chi connectivity index (χ2n) is 16.9. The van der Waals surface area contributed by atoms with Crippen LogP contribution in [-0.2, 0) is 0 Å². The number of fused-ring (bicyclic) bond motifs is 4. The van der Waals surface area contributed by atoms with E-state index in [1.165, 1.54) is 77.1 Å². The van der Waals surface area contributed by atoms with Crippen LogP contribution in [0.3, 0.4) is 0 Å². The SMILES string of the molecule is c1ccc(-c2ccccc2-c2ccc(N(c3ccc(-c4cccc5ccccc45)cc3)c3ccccc3-c3cccc(-c4cccc5c4c4ccccc4n5-c4ccccc4)c3)cc2)cc1. The Hall–Kier alpha value is -8.72. The summed E-state index contributed by atoms with van der Waals surface area (Å²) < 4.78 is 2.39. The van der Waals surface area contributed by atoms with Gasteiger partial charge in [-0.1, -0.05) is 206 Å². The number of para-hydroxylation sites is 3. The summed E-state index contributed by atoms with van der Waals surface area (Å²) in [4.78, 5) is 2.41. The lowest BCUT2D eigenvalue weighted by atomic mass is 9.94. The first kappa shape index (κ1) is 38.9. The van der Waals surface area contributed by atoms with Crippen LogP contribution in [0, 0.1) is 0 Å². The number of anilines is 3. The van der Waals surface area contributed by atoms with Gasteiger partial charge in [-0.15, -0.1) is 0 Å². The molecule has 0 aliphatic carbocycles. The molecule has 0 atom stereocenters. The first-order valence-corrected chi connectivity index (χ1v) is 22.7. The predicted molar refractivity (Wildman–Crippen MR) is 280 cm³/mol. The number of benzene rings is 11. The van der Waals surface area contributed by atoms with E-state index in [0.717, 1.165) is 33.9 Å². The first-order valence-electron chi connectivity index (χ1n) is 22.7. The standard InChI is InChI=1S/C64H44N2/c1-3-18-45(19-4-1)54-27-9-10-28-56(54)47-36-40-52(41-37-47)65(53-42-38-48(39-43-53)57-31-16-21-46-20-7-8-26-55(46)57)61-33-13-11-29-58(61)49-22-15-23-50(44-49)59-32-17-35-63-64(59)60-30-12-14-34-62(60)66(63)51-24-5-2-6-25-51/h1-44H. The lowest BCUT2D eigenvalue weighted by Crippen LogP contribution is -2.11. The Morgan fingerprint density at radius 3 is 1.45 bits per heavy atom. The summed E-state index contributed by atoms with van der Waals surface area (Å²) in [5.74, 6) is 0. The van der Waals surface area contributed by atoms with Crippen molar-refractivity contribution >= 4 is 49.6 Å². The van der Waals surface area contributed by atoms with Crippen LogP contribution < -0.4 is 4.90 Å². The molecule has 12 rings (SSSR count). The molecule has 1 aromatic heterocycles. The van der Waals surface area contributed by atoms with Crippen molar-refractivity contribution in [1.82, 2.24) is 4.57 Å². The van der Waals surface area contributed by atoms with E-state index in [2.05, 4.69) is 276 Å². The average molecular weight is 841 g/mol. The average Bonchev–Trinajstić information content (AvgIpc) is 3.74. The molecule has 12 aromatic rings. The molecule has 0 unspecified atom stereocenters. The summed E-state index contributed by atoms with van der Waals surface area (Å²) in [6, 6.07) is 96.8. The molecule has 0 saturated carbocycles. The van der Waals surface area contributed by atoms with Gasteiger partial charge in [0.05, 0.1) is 16.7 Å². The zero-order chi connectivity index (χ0) is 43.8. The van der Waals surface area contributed by atoms with E-state index >= 15 is 0 Å². The molecule has 0 radical (unpaired) electrons. The summed E-state index contributed by atoms with van der Waals surface area (Å²) >= 11 is 0. The third-order valence-corrected chi connectivity index (χ3v) is 13.0. The predicted octanol–water partition coefficient (Wildman–Crippen LogP) is 17.7. The lowest BCUT2D eigenvalue weighted by molar-refractivity contribution is 1.18. The van der Waals surface area contributed by atoms with E-state index in [-0.39, 0.29) is 0 Å².